The fourth-order valence-electron chi connectivity index (χ4n) is 4.61. The van der Waals surface area contributed by atoms with E-state index in [0.717, 1.165) is 64.7 Å². The molecule has 2 unspecified atom stereocenters. The predicted octanol–water partition coefficient (Wildman–Crippen LogP) is 4.42. The zero-order chi connectivity index (χ0) is 22.4. The maximum atomic E-state index is 10.7. The number of nitrogens with zero attached hydrogens (tertiary/aromatic N) is 4. The Labute approximate surface area is 189 Å². The van der Waals surface area contributed by atoms with Gasteiger partial charge in [-0.2, -0.15) is 0 Å². The van der Waals surface area contributed by atoms with Gasteiger partial charge in [0.2, 0.25) is 0 Å². The molecule has 0 aliphatic heterocycles. The highest BCUT2D eigenvalue weighted by Crippen LogP contribution is 2.45. The van der Waals surface area contributed by atoms with Crippen LogP contribution in [0.25, 0.3) is 11.3 Å². The second-order valence-corrected chi connectivity index (χ2v) is 9.22. The van der Waals surface area contributed by atoms with E-state index in [9.17, 15) is 5.11 Å². The SMILES string of the molecule is CCc1nc(-c2cnc(N(C)C)cc2C)c(C2CC2)nc1NC1c2ccccc2CC1O. The molecule has 2 atom stereocenters. The van der Waals surface area contributed by atoms with Gasteiger partial charge in [0.15, 0.2) is 0 Å². The van der Waals surface area contributed by atoms with Crippen LogP contribution in [0.15, 0.2) is 36.5 Å². The Bertz CT molecular complexity index is 1150. The fraction of sp³-hybridized carbons (Fsp3) is 0.423. The second-order valence-electron chi connectivity index (χ2n) is 9.22. The molecule has 6 nitrogen and oxygen atoms in total. The maximum absolute atomic E-state index is 10.7. The lowest BCUT2D eigenvalue weighted by Gasteiger charge is -2.22. The Morgan fingerprint density at radius 3 is 2.62 bits per heavy atom. The van der Waals surface area contributed by atoms with E-state index in [0.29, 0.717) is 12.3 Å². The van der Waals surface area contributed by atoms with Crippen molar-refractivity contribution in [1.29, 1.82) is 0 Å². The van der Waals surface area contributed by atoms with Crippen LogP contribution in [-0.2, 0) is 12.8 Å². The molecule has 2 aliphatic carbocycles. The highest BCUT2D eigenvalue weighted by atomic mass is 16.3. The van der Waals surface area contributed by atoms with Gasteiger partial charge in [-0.25, -0.2) is 15.0 Å². The summed E-state index contributed by atoms with van der Waals surface area (Å²) in [6, 6.07) is 10.2. The summed E-state index contributed by atoms with van der Waals surface area (Å²) in [5.74, 6) is 2.18. The maximum Gasteiger partial charge on any atom is 0.148 e. The number of fused-ring (bicyclic) bond motifs is 1. The van der Waals surface area contributed by atoms with E-state index in [1.807, 2.05) is 37.3 Å². The van der Waals surface area contributed by atoms with Crippen molar-refractivity contribution < 1.29 is 5.11 Å². The summed E-state index contributed by atoms with van der Waals surface area (Å²) in [5.41, 5.74) is 7.49. The molecule has 1 fully saturated rings. The second kappa shape index (κ2) is 8.17. The van der Waals surface area contributed by atoms with Crippen LogP contribution in [0.5, 0.6) is 0 Å². The predicted molar refractivity (Wildman–Crippen MR) is 128 cm³/mol. The highest BCUT2D eigenvalue weighted by molar-refractivity contribution is 5.69. The van der Waals surface area contributed by atoms with Gasteiger partial charge in [-0.15, -0.1) is 0 Å². The quantitative estimate of drug-likeness (QED) is 0.604. The van der Waals surface area contributed by atoms with Crippen LogP contribution >= 0.6 is 0 Å². The van der Waals surface area contributed by atoms with E-state index in [4.69, 9.17) is 9.97 Å². The Morgan fingerprint density at radius 1 is 1.16 bits per heavy atom. The molecule has 0 radical (unpaired) electrons. The lowest BCUT2D eigenvalue weighted by molar-refractivity contribution is 0.165. The molecular formula is C26H31N5O. The first-order chi connectivity index (χ1) is 15.5. The van der Waals surface area contributed by atoms with Crippen molar-refractivity contribution >= 4 is 11.6 Å². The average Bonchev–Trinajstić information content (AvgIpc) is 3.58. The zero-order valence-electron chi connectivity index (χ0n) is 19.3. The van der Waals surface area contributed by atoms with Gasteiger partial charge in [0, 0.05) is 38.2 Å². The molecule has 2 aromatic heterocycles. The van der Waals surface area contributed by atoms with E-state index < -0.39 is 6.10 Å². The number of aromatic nitrogens is 3. The number of rotatable bonds is 6. The van der Waals surface area contributed by atoms with Gasteiger partial charge in [-0.3, -0.25) is 0 Å². The first kappa shape index (κ1) is 20.9. The molecule has 5 rings (SSSR count). The smallest absolute Gasteiger partial charge is 0.148 e. The largest absolute Gasteiger partial charge is 0.390 e. The lowest BCUT2D eigenvalue weighted by Crippen LogP contribution is -2.23. The first-order valence-electron chi connectivity index (χ1n) is 11.5. The summed E-state index contributed by atoms with van der Waals surface area (Å²) < 4.78 is 0. The zero-order valence-corrected chi connectivity index (χ0v) is 19.3. The summed E-state index contributed by atoms with van der Waals surface area (Å²) in [5, 5.41) is 14.3. The van der Waals surface area contributed by atoms with Crippen LogP contribution < -0.4 is 10.2 Å². The number of benzene rings is 1. The third-order valence-electron chi connectivity index (χ3n) is 6.60. The van der Waals surface area contributed by atoms with Crippen molar-refractivity contribution in [3.8, 4) is 11.3 Å². The number of pyridine rings is 1. The van der Waals surface area contributed by atoms with Crippen molar-refractivity contribution in [2.75, 3.05) is 24.3 Å². The van der Waals surface area contributed by atoms with Gasteiger partial charge >= 0.3 is 0 Å². The van der Waals surface area contributed by atoms with Crippen molar-refractivity contribution in [1.82, 2.24) is 15.0 Å². The number of aryl methyl sites for hydroxylation is 2. The summed E-state index contributed by atoms with van der Waals surface area (Å²) in [4.78, 5) is 16.9. The van der Waals surface area contributed by atoms with Crippen LogP contribution in [0, 0.1) is 6.92 Å². The molecule has 3 aromatic rings. The topological polar surface area (TPSA) is 74.2 Å². The molecule has 0 bridgehead atoms. The summed E-state index contributed by atoms with van der Waals surface area (Å²) >= 11 is 0. The Balaban J connectivity index is 1.56. The van der Waals surface area contributed by atoms with Gasteiger partial charge < -0.3 is 15.3 Å². The van der Waals surface area contributed by atoms with Gasteiger partial charge in [-0.1, -0.05) is 31.2 Å². The molecule has 2 N–H and O–H groups in total. The summed E-state index contributed by atoms with van der Waals surface area (Å²) in [7, 11) is 4.00. The number of aliphatic hydroxyl groups is 1. The van der Waals surface area contributed by atoms with Gasteiger partial charge in [0.1, 0.15) is 11.6 Å². The highest BCUT2D eigenvalue weighted by Gasteiger charge is 2.34. The van der Waals surface area contributed by atoms with E-state index in [-0.39, 0.29) is 6.04 Å². The van der Waals surface area contributed by atoms with Crippen LogP contribution in [0.4, 0.5) is 11.6 Å². The van der Waals surface area contributed by atoms with Crippen LogP contribution in [0.3, 0.4) is 0 Å². The van der Waals surface area contributed by atoms with Crippen LogP contribution in [-0.4, -0.2) is 40.3 Å². The Hall–Kier alpha value is -2.99. The summed E-state index contributed by atoms with van der Waals surface area (Å²) in [6.45, 7) is 4.22. The molecule has 32 heavy (non-hydrogen) atoms. The first-order valence-corrected chi connectivity index (χ1v) is 11.5. The number of hydrogen-bond donors (Lipinski definition) is 2. The molecule has 2 heterocycles. The van der Waals surface area contributed by atoms with E-state index in [1.165, 1.54) is 5.56 Å². The molecule has 0 amide bonds. The molecule has 1 saturated carbocycles. The van der Waals surface area contributed by atoms with E-state index >= 15 is 0 Å². The van der Waals surface area contributed by atoms with Gasteiger partial charge in [-0.05, 0) is 48.9 Å². The van der Waals surface area contributed by atoms with Gasteiger partial charge in [0.05, 0.1) is 29.2 Å². The fourth-order valence-corrected chi connectivity index (χ4v) is 4.61. The molecule has 1 aromatic carbocycles. The third-order valence-corrected chi connectivity index (χ3v) is 6.60. The molecule has 0 spiro atoms. The van der Waals surface area contributed by atoms with Gasteiger partial charge in [0.25, 0.3) is 0 Å². The molecule has 166 valence electrons. The molecule has 0 saturated heterocycles. The van der Waals surface area contributed by atoms with Crippen LogP contribution in [0.1, 0.15) is 59.8 Å². The molecular weight excluding hydrogens is 398 g/mol. The van der Waals surface area contributed by atoms with Crippen molar-refractivity contribution in [3.05, 3.63) is 64.6 Å². The third kappa shape index (κ3) is 3.73. The lowest BCUT2D eigenvalue weighted by atomic mass is 10.0. The van der Waals surface area contributed by atoms with E-state index in [2.05, 4.69) is 42.3 Å². The number of hydrogen-bond acceptors (Lipinski definition) is 6. The molecule has 6 heteroatoms. The van der Waals surface area contributed by atoms with Crippen molar-refractivity contribution in [2.24, 2.45) is 0 Å². The normalized spacial score (nSPS) is 19.7. The standard InChI is InChI=1S/C26H31N5O/c1-5-20-26(30-24-18-9-7-6-8-17(18)13-21(24)32)29-23(16-10-11-16)25(28-20)19-14-27-22(31(3)4)12-15(19)2/h6-9,12,14,16,21,24,32H,5,10-11,13H2,1-4H3,(H,29,30). The Morgan fingerprint density at radius 2 is 1.94 bits per heavy atom. The number of aliphatic hydroxyl groups excluding tert-OH is 1. The number of anilines is 2. The summed E-state index contributed by atoms with van der Waals surface area (Å²) in [6.07, 6.45) is 5.18. The minimum Gasteiger partial charge on any atom is -0.390 e. The number of nitrogens with one attached hydrogen (secondary N) is 1. The monoisotopic (exact) mass is 429 g/mol. The average molecular weight is 430 g/mol. The minimum atomic E-state index is -0.465. The molecule has 2 aliphatic rings. The minimum absolute atomic E-state index is 0.161. The van der Waals surface area contributed by atoms with Crippen LogP contribution in [0.2, 0.25) is 0 Å². The Kier molecular flexibility index (Phi) is 5.33. The van der Waals surface area contributed by atoms with E-state index in [1.54, 1.807) is 0 Å². The van der Waals surface area contributed by atoms with Crippen molar-refractivity contribution in [2.45, 2.75) is 57.6 Å². The van der Waals surface area contributed by atoms with Crippen molar-refractivity contribution in [3.63, 3.8) is 0 Å².